The third-order valence-corrected chi connectivity index (χ3v) is 5.98. The van der Waals surface area contributed by atoms with Gasteiger partial charge in [-0.2, -0.15) is 0 Å². The van der Waals surface area contributed by atoms with E-state index in [0.29, 0.717) is 11.3 Å². The molecule has 0 bridgehead atoms. The van der Waals surface area contributed by atoms with Crippen LogP contribution >= 0.6 is 0 Å². The van der Waals surface area contributed by atoms with Crippen LogP contribution in [0.3, 0.4) is 0 Å². The monoisotopic (exact) mass is 438 g/mol. The van der Waals surface area contributed by atoms with Crippen LogP contribution in [-0.4, -0.2) is 47.8 Å². The molecule has 1 saturated heterocycles. The molecule has 0 unspecified atom stereocenters. The van der Waals surface area contributed by atoms with E-state index in [9.17, 15) is 18.8 Å². The first-order valence-electron chi connectivity index (χ1n) is 10.9. The number of amides is 3. The Morgan fingerprint density at radius 2 is 1.78 bits per heavy atom. The van der Waals surface area contributed by atoms with Crippen molar-refractivity contribution in [2.45, 2.75) is 44.3 Å². The van der Waals surface area contributed by atoms with Crippen LogP contribution in [0.2, 0.25) is 0 Å². The van der Waals surface area contributed by atoms with Gasteiger partial charge in [0.15, 0.2) is 0 Å². The first kappa shape index (κ1) is 22.0. The van der Waals surface area contributed by atoms with E-state index in [0.717, 1.165) is 38.0 Å². The molecular weight excluding hydrogens is 411 g/mol. The normalized spacial score (nSPS) is 19.5. The molecule has 2 aliphatic heterocycles. The second-order valence-corrected chi connectivity index (χ2v) is 8.34. The molecule has 1 fully saturated rings. The first-order chi connectivity index (χ1) is 15.5. The minimum atomic E-state index is -0.752. The minimum Gasteiger partial charge on any atom is -0.353 e. The number of likely N-dealkylation sites (tertiary alicyclic amines) is 1. The average molecular weight is 439 g/mol. The van der Waals surface area contributed by atoms with E-state index >= 15 is 0 Å². The summed E-state index contributed by atoms with van der Waals surface area (Å²) in [6.45, 7) is 2.46. The van der Waals surface area contributed by atoms with Crippen LogP contribution in [0.25, 0.3) is 0 Å². The molecule has 2 aliphatic rings. The van der Waals surface area contributed by atoms with Crippen molar-refractivity contribution < 1.29 is 18.8 Å². The summed E-state index contributed by atoms with van der Waals surface area (Å²) < 4.78 is 13.0. The number of nitrogens with zero attached hydrogens (tertiary/aromatic N) is 1. The van der Waals surface area contributed by atoms with Crippen LogP contribution in [0.4, 0.5) is 10.1 Å². The van der Waals surface area contributed by atoms with E-state index in [1.54, 1.807) is 36.4 Å². The Bertz CT molecular complexity index is 987. The van der Waals surface area contributed by atoms with Crippen LogP contribution in [-0.2, 0) is 16.1 Å². The molecule has 3 N–H and O–H groups in total. The number of piperidine rings is 1. The average Bonchev–Trinajstić information content (AvgIpc) is 2.91. The van der Waals surface area contributed by atoms with E-state index in [-0.39, 0.29) is 42.4 Å². The van der Waals surface area contributed by atoms with E-state index in [1.165, 1.54) is 12.1 Å². The highest BCUT2D eigenvalue weighted by atomic mass is 19.1. The summed E-state index contributed by atoms with van der Waals surface area (Å²) in [5, 5.41) is 8.52. The molecule has 4 rings (SSSR count). The zero-order chi connectivity index (χ0) is 22.5. The fourth-order valence-electron chi connectivity index (χ4n) is 4.17. The third kappa shape index (κ3) is 5.50. The topological polar surface area (TPSA) is 90.5 Å². The molecule has 0 aromatic heterocycles. The summed E-state index contributed by atoms with van der Waals surface area (Å²) in [4.78, 5) is 39.6. The molecule has 2 aromatic carbocycles. The largest absolute Gasteiger partial charge is 0.353 e. The first-order valence-corrected chi connectivity index (χ1v) is 10.9. The SMILES string of the molecule is O=C(CC[C@H]1NC(=O)c2ccccc2NC1=O)NC1CCN(Cc2ccc(F)cc2)CC1. The Labute approximate surface area is 186 Å². The maximum absolute atomic E-state index is 13.0. The van der Waals surface area contributed by atoms with Gasteiger partial charge >= 0.3 is 0 Å². The number of carbonyl (C=O) groups excluding carboxylic acids is 3. The zero-order valence-electron chi connectivity index (χ0n) is 17.8. The Kier molecular flexibility index (Phi) is 6.80. The maximum atomic E-state index is 13.0. The van der Waals surface area contributed by atoms with E-state index < -0.39 is 6.04 Å². The van der Waals surface area contributed by atoms with Crippen molar-refractivity contribution in [1.82, 2.24) is 15.5 Å². The molecule has 8 heteroatoms. The number of para-hydroxylation sites is 1. The lowest BCUT2D eigenvalue weighted by Gasteiger charge is -2.32. The van der Waals surface area contributed by atoms with Gasteiger partial charge in [-0.25, -0.2) is 4.39 Å². The smallest absolute Gasteiger partial charge is 0.254 e. The number of benzene rings is 2. The highest BCUT2D eigenvalue weighted by Gasteiger charge is 2.28. The Balaban J connectivity index is 1.21. The Morgan fingerprint density at radius 1 is 1.06 bits per heavy atom. The summed E-state index contributed by atoms with van der Waals surface area (Å²) >= 11 is 0. The number of hydrogen-bond acceptors (Lipinski definition) is 4. The van der Waals surface area contributed by atoms with E-state index in [2.05, 4.69) is 20.9 Å². The number of nitrogens with one attached hydrogen (secondary N) is 3. The highest BCUT2D eigenvalue weighted by Crippen LogP contribution is 2.19. The summed E-state index contributed by atoms with van der Waals surface area (Å²) in [5.74, 6) is -0.991. The molecule has 0 radical (unpaired) electrons. The molecule has 2 aromatic rings. The lowest BCUT2D eigenvalue weighted by atomic mass is 10.0. The highest BCUT2D eigenvalue weighted by molar-refractivity contribution is 6.09. The van der Waals surface area contributed by atoms with Crippen molar-refractivity contribution in [3.63, 3.8) is 0 Å². The van der Waals surface area contributed by atoms with E-state index in [1.807, 2.05) is 0 Å². The predicted octanol–water partition coefficient (Wildman–Crippen LogP) is 2.44. The number of anilines is 1. The van der Waals surface area contributed by atoms with Gasteiger partial charge in [0, 0.05) is 32.1 Å². The van der Waals surface area contributed by atoms with Crippen molar-refractivity contribution in [3.8, 4) is 0 Å². The minimum absolute atomic E-state index is 0.0915. The van der Waals surface area contributed by atoms with Crippen molar-refractivity contribution >= 4 is 23.4 Å². The zero-order valence-corrected chi connectivity index (χ0v) is 17.8. The van der Waals surface area contributed by atoms with Crippen LogP contribution in [0.5, 0.6) is 0 Å². The second-order valence-electron chi connectivity index (χ2n) is 8.34. The van der Waals surface area contributed by atoms with E-state index in [4.69, 9.17) is 0 Å². The Morgan fingerprint density at radius 3 is 2.53 bits per heavy atom. The quantitative estimate of drug-likeness (QED) is 0.646. The van der Waals surface area contributed by atoms with Crippen molar-refractivity contribution in [2.24, 2.45) is 0 Å². The number of halogens is 1. The number of hydrogen-bond donors (Lipinski definition) is 3. The summed E-state index contributed by atoms with van der Waals surface area (Å²) in [7, 11) is 0. The van der Waals surface area contributed by atoms with Gasteiger partial charge in [-0.15, -0.1) is 0 Å². The Hall–Kier alpha value is -3.26. The van der Waals surface area contributed by atoms with Crippen molar-refractivity contribution in [3.05, 3.63) is 65.5 Å². The second kappa shape index (κ2) is 9.91. The molecule has 2 heterocycles. The van der Waals surface area contributed by atoms with Gasteiger partial charge in [0.05, 0.1) is 11.3 Å². The molecular formula is C24H27FN4O3. The lowest BCUT2D eigenvalue weighted by Crippen LogP contribution is -2.45. The van der Waals surface area contributed by atoms with Gasteiger partial charge in [0.2, 0.25) is 11.8 Å². The number of fused-ring (bicyclic) bond motifs is 1. The van der Waals surface area contributed by atoms with Gasteiger partial charge in [0.1, 0.15) is 11.9 Å². The molecule has 32 heavy (non-hydrogen) atoms. The summed E-state index contributed by atoms with van der Waals surface area (Å²) in [6.07, 6.45) is 2.07. The predicted molar refractivity (Wildman–Crippen MR) is 118 cm³/mol. The van der Waals surface area contributed by atoms with Gasteiger partial charge in [-0.1, -0.05) is 24.3 Å². The lowest BCUT2D eigenvalue weighted by molar-refractivity contribution is -0.122. The van der Waals surface area contributed by atoms with Crippen LogP contribution in [0.15, 0.2) is 48.5 Å². The molecule has 0 aliphatic carbocycles. The summed E-state index contributed by atoms with van der Waals surface area (Å²) in [6, 6.07) is 12.7. The summed E-state index contributed by atoms with van der Waals surface area (Å²) in [5.41, 5.74) is 1.97. The van der Waals surface area contributed by atoms with Crippen molar-refractivity contribution in [1.29, 1.82) is 0 Å². The van der Waals surface area contributed by atoms with Crippen molar-refractivity contribution in [2.75, 3.05) is 18.4 Å². The fourth-order valence-corrected chi connectivity index (χ4v) is 4.17. The third-order valence-electron chi connectivity index (χ3n) is 5.98. The number of carbonyl (C=O) groups is 3. The molecule has 3 amide bonds. The van der Waals surface area contributed by atoms with Crippen LogP contribution in [0.1, 0.15) is 41.6 Å². The van der Waals surface area contributed by atoms with Crippen LogP contribution in [0, 0.1) is 5.82 Å². The van der Waals surface area contributed by atoms with Gasteiger partial charge in [-0.05, 0) is 49.1 Å². The molecule has 0 spiro atoms. The molecule has 1 atom stereocenters. The van der Waals surface area contributed by atoms with Gasteiger partial charge < -0.3 is 16.0 Å². The molecule has 168 valence electrons. The number of rotatable bonds is 6. The standard InChI is InChI=1S/C24H27FN4O3/c25-17-7-5-16(6-8-17)15-29-13-11-18(12-14-29)26-22(30)10-9-21-24(32)27-20-4-2-1-3-19(20)23(31)28-21/h1-8,18,21H,9-15H2,(H,26,30)(H,27,32)(H,28,31)/t21-/m1/s1. The van der Waals surface area contributed by atoms with Gasteiger partial charge in [-0.3, -0.25) is 19.3 Å². The van der Waals surface area contributed by atoms with Crippen LogP contribution < -0.4 is 16.0 Å². The van der Waals surface area contributed by atoms with Gasteiger partial charge in [0.25, 0.3) is 5.91 Å². The molecule has 0 saturated carbocycles. The maximum Gasteiger partial charge on any atom is 0.254 e. The fraction of sp³-hybridized carbons (Fsp3) is 0.375. The molecule has 7 nitrogen and oxygen atoms in total.